The fraction of sp³-hybridized carbons (Fsp3) is 0.300. The van der Waals surface area contributed by atoms with Crippen LogP contribution in [0.2, 0.25) is 0 Å². The Bertz CT molecular complexity index is 2530. The van der Waals surface area contributed by atoms with Gasteiger partial charge in [0.2, 0.25) is 0 Å². The van der Waals surface area contributed by atoms with Crippen LogP contribution >= 0.6 is 0 Å². The van der Waals surface area contributed by atoms with Gasteiger partial charge in [-0.05, 0) is 48.6 Å². The molecule has 0 radical (unpaired) electrons. The van der Waals surface area contributed by atoms with Crippen molar-refractivity contribution in [2.45, 2.75) is 94.0 Å². The Labute approximate surface area is 414 Å². The van der Waals surface area contributed by atoms with E-state index in [1.165, 1.54) is 37.7 Å². The van der Waals surface area contributed by atoms with E-state index in [9.17, 15) is 105 Å². The van der Waals surface area contributed by atoms with Gasteiger partial charge >= 0.3 is 49.4 Å². The minimum Gasteiger partial charge on any atom is -0.201 e. The number of rotatable bonds is 7. The summed E-state index contributed by atoms with van der Waals surface area (Å²) in [6, 6.07) is 6.68. The molecule has 0 saturated heterocycles. The molecule has 1 aliphatic rings. The summed E-state index contributed by atoms with van der Waals surface area (Å²) in [5.41, 5.74) is -27.3. The Morgan fingerprint density at radius 3 is 0.816 bits per heavy atom. The molecule has 0 bridgehead atoms. The topological polar surface area (TPSA) is 3.88 Å². The Hall–Kier alpha value is -6.37. The zero-order chi connectivity index (χ0) is 56.8. The van der Waals surface area contributed by atoms with Crippen molar-refractivity contribution in [2.24, 2.45) is 0 Å². The second-order valence-electron chi connectivity index (χ2n) is 17.8. The van der Waals surface area contributed by atoms with Gasteiger partial charge in [-0.3, -0.25) is 0 Å². The van der Waals surface area contributed by atoms with Crippen LogP contribution in [0, 0.1) is 0 Å². The third-order valence-corrected chi connectivity index (χ3v) is 12.6. The zero-order valence-electron chi connectivity index (χ0n) is 38.0. The highest BCUT2D eigenvalue weighted by Gasteiger charge is 2.47. The van der Waals surface area contributed by atoms with Crippen LogP contribution in [-0.2, 0) is 56.0 Å². The summed E-state index contributed by atoms with van der Waals surface area (Å²) in [5.74, 6) is 0.812. The highest BCUT2D eigenvalue weighted by molar-refractivity contribution is 7.20. The number of alkyl halides is 24. The smallest absolute Gasteiger partial charge is 0.201 e. The largest absolute Gasteiger partial charge is 0.416 e. The predicted molar refractivity (Wildman–Crippen MR) is 228 cm³/mol. The number of pyridine rings is 1. The van der Waals surface area contributed by atoms with E-state index >= 15 is 0 Å². The summed E-state index contributed by atoms with van der Waals surface area (Å²) in [4.78, 5) is 0. The summed E-state index contributed by atoms with van der Waals surface area (Å²) in [5, 5.41) is 0. The number of hydrogen-bond donors (Lipinski definition) is 0. The van der Waals surface area contributed by atoms with E-state index in [4.69, 9.17) is 0 Å². The van der Waals surface area contributed by atoms with Crippen molar-refractivity contribution in [1.29, 1.82) is 0 Å². The molecule has 7 rings (SSSR count). The summed E-state index contributed by atoms with van der Waals surface area (Å²) >= 11 is 0. The lowest BCUT2D eigenvalue weighted by atomic mass is 9.12. The van der Waals surface area contributed by atoms with Crippen LogP contribution in [0.4, 0.5) is 105 Å². The van der Waals surface area contributed by atoms with Gasteiger partial charge in [0.05, 0.1) is 44.5 Å². The normalized spacial score (nSPS) is 14.8. The number of hydrogen-bond acceptors (Lipinski definition) is 0. The van der Waals surface area contributed by atoms with E-state index in [1.807, 2.05) is 0 Å². The molecule has 1 saturated carbocycles. The van der Waals surface area contributed by atoms with Crippen LogP contribution in [0.5, 0.6) is 0 Å². The average Bonchev–Trinajstić information content (AvgIpc) is 3.30. The van der Waals surface area contributed by atoms with Crippen molar-refractivity contribution in [1.82, 2.24) is 0 Å². The summed E-state index contributed by atoms with van der Waals surface area (Å²) in [7, 11) is 0. The lowest BCUT2D eigenvalue weighted by Crippen LogP contribution is -2.75. The van der Waals surface area contributed by atoms with Crippen LogP contribution < -0.4 is 26.4 Å². The van der Waals surface area contributed by atoms with Gasteiger partial charge in [0.15, 0.2) is 18.9 Å². The molecule has 1 nitrogen and oxygen atoms in total. The molecular weight excluding hydrogens is 1080 g/mol. The van der Waals surface area contributed by atoms with Crippen LogP contribution in [0.15, 0.2) is 128 Å². The van der Waals surface area contributed by atoms with Crippen LogP contribution in [0.25, 0.3) is 0 Å². The molecule has 410 valence electrons. The van der Waals surface area contributed by atoms with Crippen molar-refractivity contribution in [3.63, 3.8) is 0 Å². The second kappa shape index (κ2) is 20.9. The van der Waals surface area contributed by atoms with E-state index in [0.29, 0.717) is 0 Å². The first-order valence-corrected chi connectivity index (χ1v) is 22.1. The second-order valence-corrected chi connectivity index (χ2v) is 17.8. The number of halogens is 24. The molecule has 6 aromatic rings. The first-order valence-electron chi connectivity index (χ1n) is 22.1. The molecule has 0 N–H and O–H groups in total. The molecule has 1 aliphatic carbocycles. The maximum atomic E-state index is 14.2. The molecule has 76 heavy (non-hydrogen) atoms. The minimum absolute atomic E-state index is 0.691. The number of benzene rings is 5. The van der Waals surface area contributed by atoms with Gasteiger partial charge in [0, 0.05) is 17.7 Å². The van der Waals surface area contributed by atoms with E-state index in [1.54, 1.807) is 5.56 Å². The summed E-state index contributed by atoms with van der Waals surface area (Å²) in [6.45, 7) is 0.964. The lowest BCUT2D eigenvalue weighted by Gasteiger charge is -2.46. The van der Waals surface area contributed by atoms with Gasteiger partial charge in [-0.2, -0.15) is 127 Å². The van der Waals surface area contributed by atoms with Gasteiger partial charge in [-0.25, -0.2) is 4.57 Å². The fourth-order valence-corrected chi connectivity index (χ4v) is 9.15. The van der Waals surface area contributed by atoms with Crippen molar-refractivity contribution in [3.05, 3.63) is 183 Å². The Balaban J connectivity index is 0.000000408. The molecule has 1 aromatic heterocycles. The standard InChI is InChI=1S/C32H12BF24.C18H22N/c34-25(35,36)13-1-14(26(37,38)39)6-21(5-13)33(22-7-15(27(40,41)42)2-16(8-22)28(43,44)45,23-9-17(29(46,47)48)3-18(10-23)30(49,50)51)24-11-19(31(52,53)54)4-20(12-24)32(55,56)57;1-3-7-17(8-4-1)18-11-9-16(10-12-18)15-19-13-5-2-6-14-19/h1-12H;2,5-6,9-14,17H,1,3-4,7-8,15H2/q-1;+1. The third kappa shape index (κ3) is 13.8. The number of nitrogens with zero attached hydrogens (tertiary/aromatic N) is 1. The lowest BCUT2D eigenvalue weighted by molar-refractivity contribution is -0.688. The molecule has 5 aromatic carbocycles. The molecule has 0 spiro atoms. The molecule has 1 heterocycles. The van der Waals surface area contributed by atoms with Crippen LogP contribution in [0.1, 0.15) is 93.7 Å². The molecule has 0 atom stereocenters. The Morgan fingerprint density at radius 2 is 0.579 bits per heavy atom. The first-order chi connectivity index (χ1) is 34.7. The zero-order valence-corrected chi connectivity index (χ0v) is 38.0. The third-order valence-electron chi connectivity index (χ3n) is 12.6. The summed E-state index contributed by atoms with van der Waals surface area (Å²) < 4.78 is 343. The van der Waals surface area contributed by atoms with Gasteiger partial charge in [0.1, 0.15) is 6.15 Å². The molecule has 26 heteroatoms. The van der Waals surface area contributed by atoms with Gasteiger partial charge < -0.3 is 0 Å². The molecular formula is C50H34BF24N. The van der Waals surface area contributed by atoms with Gasteiger partial charge in [-0.1, -0.05) is 98.1 Å². The van der Waals surface area contributed by atoms with Crippen molar-refractivity contribution in [2.75, 3.05) is 0 Å². The molecule has 0 aliphatic heterocycles. The van der Waals surface area contributed by atoms with E-state index < -0.39 is 195 Å². The highest BCUT2D eigenvalue weighted by atomic mass is 19.4. The SMILES string of the molecule is FC(F)(F)c1cc([B-](c2cc(C(F)(F)F)cc(C(F)(F)F)c2)(c2cc(C(F)(F)F)cc(C(F)(F)F)c2)c2cc(C(F)(F)F)cc(C(F)(F)F)c2)cc(C(F)(F)F)c1.c1cc[n+](Cc2ccc(C3CCCCC3)cc2)cc1. The highest BCUT2D eigenvalue weighted by Crippen LogP contribution is 2.42. The van der Waals surface area contributed by atoms with Crippen LogP contribution in [0.3, 0.4) is 0 Å². The maximum absolute atomic E-state index is 14.2. The number of aromatic nitrogens is 1. The van der Waals surface area contributed by atoms with E-state index in [-0.39, 0.29) is 0 Å². The fourth-order valence-electron chi connectivity index (χ4n) is 9.15. The molecule has 0 amide bonds. The first kappa shape index (κ1) is 58.9. The van der Waals surface area contributed by atoms with Crippen molar-refractivity contribution >= 4 is 28.0 Å². The maximum Gasteiger partial charge on any atom is 0.416 e. The predicted octanol–water partition coefficient (Wildman–Crippen LogP) is 15.3. The molecule has 0 unspecified atom stereocenters. The van der Waals surface area contributed by atoms with Crippen molar-refractivity contribution < 1.29 is 110 Å². The average molecular weight is 1120 g/mol. The Kier molecular flexibility index (Phi) is 16.2. The molecule has 1 fully saturated rings. The van der Waals surface area contributed by atoms with Gasteiger partial charge in [0.25, 0.3) is 0 Å². The quantitative estimate of drug-likeness (QED) is 0.0852. The Morgan fingerprint density at radius 1 is 0.329 bits per heavy atom. The monoisotopic (exact) mass is 1120 g/mol. The summed E-state index contributed by atoms with van der Waals surface area (Å²) in [6.07, 6.45) is -43.6. The van der Waals surface area contributed by atoms with Crippen molar-refractivity contribution in [3.8, 4) is 0 Å². The minimum atomic E-state index is -6.13. The van der Waals surface area contributed by atoms with E-state index in [0.717, 1.165) is 12.5 Å². The van der Waals surface area contributed by atoms with Gasteiger partial charge in [-0.15, -0.1) is 0 Å². The van der Waals surface area contributed by atoms with Crippen LogP contribution in [-0.4, -0.2) is 6.15 Å². The van der Waals surface area contributed by atoms with E-state index in [2.05, 4.69) is 59.4 Å².